The van der Waals surface area contributed by atoms with Crippen LogP contribution in [0.2, 0.25) is 0 Å². The third-order valence-electron chi connectivity index (χ3n) is 5.99. The molecule has 0 aliphatic carbocycles. The van der Waals surface area contributed by atoms with Gasteiger partial charge in [0, 0.05) is 22.5 Å². The van der Waals surface area contributed by atoms with Gasteiger partial charge in [-0.2, -0.15) is 0 Å². The van der Waals surface area contributed by atoms with Crippen molar-refractivity contribution in [2.24, 2.45) is 0 Å². The highest BCUT2D eigenvalue weighted by molar-refractivity contribution is 5.77. The van der Waals surface area contributed by atoms with Gasteiger partial charge in [-0.15, -0.1) is 0 Å². The summed E-state index contributed by atoms with van der Waals surface area (Å²) in [6, 6.07) is 33.5. The molecule has 0 atom stereocenters. The molecule has 4 aromatic rings. The van der Waals surface area contributed by atoms with Crippen LogP contribution in [0.5, 0.6) is 5.75 Å². The lowest BCUT2D eigenvalue weighted by Gasteiger charge is -2.29. The van der Waals surface area contributed by atoms with Crippen molar-refractivity contribution < 1.29 is 5.11 Å². The molecule has 0 aliphatic rings. The number of aryl methyl sites for hydroxylation is 2. The van der Waals surface area contributed by atoms with Gasteiger partial charge in [0.05, 0.1) is 0 Å². The summed E-state index contributed by atoms with van der Waals surface area (Å²) in [5.74, 6) is 0.293. The number of rotatable bonds is 5. The first-order valence-corrected chi connectivity index (χ1v) is 10.7. The lowest BCUT2D eigenvalue weighted by molar-refractivity contribution is 0.474. The van der Waals surface area contributed by atoms with Crippen molar-refractivity contribution in [3.05, 3.63) is 119 Å². The maximum Gasteiger partial charge on any atom is 0.115 e. The molecule has 156 valence electrons. The molecule has 31 heavy (non-hydrogen) atoms. The molecule has 0 aliphatic heterocycles. The van der Waals surface area contributed by atoms with Gasteiger partial charge in [-0.25, -0.2) is 0 Å². The summed E-state index contributed by atoms with van der Waals surface area (Å²) >= 11 is 0. The predicted octanol–water partition coefficient (Wildman–Crippen LogP) is 7.80. The molecule has 0 aromatic heterocycles. The highest BCUT2D eigenvalue weighted by Crippen LogP contribution is 2.38. The minimum absolute atomic E-state index is 0.162. The Labute approximate surface area is 185 Å². The minimum atomic E-state index is -0.162. The monoisotopic (exact) mass is 407 g/mol. The number of phenolic OH excluding ortho intramolecular Hbond substituents is 1. The van der Waals surface area contributed by atoms with Crippen LogP contribution in [0.4, 0.5) is 17.1 Å². The van der Waals surface area contributed by atoms with Crippen molar-refractivity contribution in [1.82, 2.24) is 0 Å². The first-order chi connectivity index (χ1) is 14.8. The van der Waals surface area contributed by atoms with Crippen LogP contribution in [-0.4, -0.2) is 5.11 Å². The smallest absolute Gasteiger partial charge is 0.115 e. The normalized spacial score (nSPS) is 11.4. The molecular formula is C29H29NO. The van der Waals surface area contributed by atoms with Crippen LogP contribution < -0.4 is 4.90 Å². The lowest BCUT2D eigenvalue weighted by atomic mass is 9.78. The van der Waals surface area contributed by atoms with Gasteiger partial charge >= 0.3 is 0 Å². The predicted molar refractivity (Wildman–Crippen MR) is 131 cm³/mol. The maximum absolute atomic E-state index is 9.64. The van der Waals surface area contributed by atoms with Crippen LogP contribution in [0.3, 0.4) is 0 Å². The average Bonchev–Trinajstić information content (AvgIpc) is 2.76. The minimum Gasteiger partial charge on any atom is -0.508 e. The van der Waals surface area contributed by atoms with Crippen LogP contribution >= 0.6 is 0 Å². The van der Waals surface area contributed by atoms with Crippen LogP contribution in [0.1, 0.15) is 36.1 Å². The summed E-state index contributed by atoms with van der Waals surface area (Å²) in [5.41, 5.74) is 8.14. The van der Waals surface area contributed by atoms with E-state index >= 15 is 0 Å². The fourth-order valence-electron chi connectivity index (χ4n) is 3.98. The van der Waals surface area contributed by atoms with Crippen LogP contribution in [0.15, 0.2) is 97.1 Å². The van der Waals surface area contributed by atoms with Gasteiger partial charge in [-0.05, 0) is 79.1 Å². The number of hydrogen-bond donors (Lipinski definition) is 1. The summed E-state index contributed by atoms with van der Waals surface area (Å²) in [5, 5.41) is 9.64. The highest BCUT2D eigenvalue weighted by Gasteiger charge is 2.23. The van der Waals surface area contributed by atoms with E-state index in [9.17, 15) is 5.11 Å². The summed E-state index contributed by atoms with van der Waals surface area (Å²) in [7, 11) is 0. The van der Waals surface area contributed by atoms with E-state index in [1.54, 1.807) is 12.1 Å². The molecule has 0 amide bonds. The Morgan fingerprint density at radius 3 is 1.65 bits per heavy atom. The molecule has 0 bridgehead atoms. The zero-order chi connectivity index (χ0) is 22.0. The first-order valence-electron chi connectivity index (χ1n) is 10.7. The van der Waals surface area contributed by atoms with E-state index in [0.717, 1.165) is 17.1 Å². The maximum atomic E-state index is 9.64. The van der Waals surface area contributed by atoms with Gasteiger partial charge in [0.25, 0.3) is 0 Å². The van der Waals surface area contributed by atoms with Crippen LogP contribution in [0, 0.1) is 13.8 Å². The Balaban J connectivity index is 1.74. The van der Waals surface area contributed by atoms with Gasteiger partial charge in [0.15, 0.2) is 0 Å². The quantitative estimate of drug-likeness (QED) is 0.365. The van der Waals surface area contributed by atoms with Crippen LogP contribution in [0.25, 0.3) is 0 Å². The van der Waals surface area contributed by atoms with Crippen molar-refractivity contribution in [2.45, 2.75) is 33.1 Å². The molecule has 0 saturated heterocycles. The highest BCUT2D eigenvalue weighted by atomic mass is 16.3. The van der Waals surface area contributed by atoms with E-state index in [0.29, 0.717) is 5.75 Å². The molecule has 0 heterocycles. The number of anilines is 3. The molecule has 2 nitrogen and oxygen atoms in total. The second kappa shape index (κ2) is 8.31. The molecule has 2 heteroatoms. The Hall–Kier alpha value is -3.52. The lowest BCUT2D eigenvalue weighted by Crippen LogP contribution is -2.19. The summed E-state index contributed by atoms with van der Waals surface area (Å²) < 4.78 is 0. The third-order valence-corrected chi connectivity index (χ3v) is 5.99. The second-order valence-electron chi connectivity index (χ2n) is 8.73. The van der Waals surface area contributed by atoms with Crippen molar-refractivity contribution >= 4 is 17.1 Å². The van der Waals surface area contributed by atoms with Crippen molar-refractivity contribution in [2.75, 3.05) is 4.90 Å². The molecule has 0 fully saturated rings. The molecular weight excluding hydrogens is 378 g/mol. The van der Waals surface area contributed by atoms with Gasteiger partial charge in [-0.1, -0.05) is 67.9 Å². The zero-order valence-corrected chi connectivity index (χ0v) is 18.6. The Bertz CT molecular complexity index is 1160. The van der Waals surface area contributed by atoms with E-state index in [2.05, 4.69) is 105 Å². The summed E-state index contributed by atoms with van der Waals surface area (Å²) in [6.45, 7) is 8.67. The van der Waals surface area contributed by atoms with Crippen molar-refractivity contribution in [1.29, 1.82) is 0 Å². The summed E-state index contributed by atoms with van der Waals surface area (Å²) in [6.07, 6.45) is 0. The zero-order valence-electron chi connectivity index (χ0n) is 18.6. The number of phenols is 1. The van der Waals surface area contributed by atoms with Gasteiger partial charge in [0.2, 0.25) is 0 Å². The van der Waals surface area contributed by atoms with E-state index < -0.39 is 0 Å². The van der Waals surface area contributed by atoms with Gasteiger partial charge < -0.3 is 10.0 Å². The number of hydrogen-bond acceptors (Lipinski definition) is 2. The van der Waals surface area contributed by atoms with E-state index in [1.165, 1.54) is 22.3 Å². The van der Waals surface area contributed by atoms with Gasteiger partial charge in [0.1, 0.15) is 5.75 Å². The molecule has 0 unspecified atom stereocenters. The summed E-state index contributed by atoms with van der Waals surface area (Å²) in [4.78, 5) is 2.30. The number of benzene rings is 4. The van der Waals surface area contributed by atoms with Crippen molar-refractivity contribution in [3.8, 4) is 5.75 Å². The Morgan fingerprint density at radius 1 is 0.581 bits per heavy atom. The van der Waals surface area contributed by atoms with E-state index in [-0.39, 0.29) is 5.41 Å². The van der Waals surface area contributed by atoms with Crippen LogP contribution in [-0.2, 0) is 5.41 Å². The van der Waals surface area contributed by atoms with E-state index in [1.807, 2.05) is 12.1 Å². The average molecular weight is 408 g/mol. The SMILES string of the molecule is Cc1ccc(N(c2ccc(C(C)(C)c3ccc(O)cc3)cc2)c2cccc(C)c2)cc1. The number of aromatic hydroxyl groups is 1. The first kappa shape index (κ1) is 20.7. The van der Waals surface area contributed by atoms with Gasteiger partial charge in [-0.3, -0.25) is 0 Å². The standard InChI is InChI=1S/C29H29NO/c1-21-8-14-25(15-9-21)30(27-7-5-6-22(2)20-27)26-16-10-23(11-17-26)29(3,4)24-12-18-28(31)19-13-24/h5-20,31H,1-4H3. The molecule has 0 saturated carbocycles. The molecule has 1 N–H and O–H groups in total. The van der Waals surface area contributed by atoms with E-state index in [4.69, 9.17) is 0 Å². The fourth-order valence-corrected chi connectivity index (χ4v) is 3.98. The molecule has 0 spiro atoms. The topological polar surface area (TPSA) is 23.5 Å². The van der Waals surface area contributed by atoms with Crippen molar-refractivity contribution in [3.63, 3.8) is 0 Å². The molecule has 4 rings (SSSR count). The second-order valence-corrected chi connectivity index (χ2v) is 8.73. The fraction of sp³-hybridized carbons (Fsp3) is 0.172. The molecule has 0 radical (unpaired) electrons. The Morgan fingerprint density at radius 2 is 1.10 bits per heavy atom. The largest absolute Gasteiger partial charge is 0.508 e. The third kappa shape index (κ3) is 4.34. The Kier molecular flexibility index (Phi) is 5.56. The molecule has 4 aromatic carbocycles. The number of nitrogens with zero attached hydrogens (tertiary/aromatic N) is 1.